The average molecular weight is 451 g/mol. The van der Waals surface area contributed by atoms with Gasteiger partial charge in [-0.15, -0.1) is 0 Å². The Hall–Kier alpha value is -4.31. The summed E-state index contributed by atoms with van der Waals surface area (Å²) in [4.78, 5) is 12.5. The van der Waals surface area contributed by atoms with Gasteiger partial charge in [0.2, 0.25) is 0 Å². The zero-order valence-corrected chi connectivity index (χ0v) is 19.2. The molecule has 0 radical (unpaired) electrons. The number of ketones is 1. The molecule has 0 N–H and O–H groups in total. The van der Waals surface area contributed by atoms with Crippen molar-refractivity contribution in [2.24, 2.45) is 0 Å². The molecule has 0 atom stereocenters. The molecular formula is C30H26O4. The fourth-order valence-electron chi connectivity index (χ4n) is 3.59. The van der Waals surface area contributed by atoms with Crippen molar-refractivity contribution in [1.82, 2.24) is 0 Å². The van der Waals surface area contributed by atoms with Crippen LogP contribution in [-0.2, 0) is 6.61 Å². The maximum Gasteiger partial charge on any atom is 0.185 e. The molecule has 4 aromatic carbocycles. The summed E-state index contributed by atoms with van der Waals surface area (Å²) in [7, 11) is 3.22. The predicted molar refractivity (Wildman–Crippen MR) is 136 cm³/mol. The van der Waals surface area contributed by atoms with Gasteiger partial charge in [-0.05, 0) is 59.2 Å². The highest BCUT2D eigenvalue weighted by Gasteiger charge is 2.07. The van der Waals surface area contributed by atoms with Crippen LogP contribution >= 0.6 is 0 Å². The topological polar surface area (TPSA) is 44.8 Å². The van der Waals surface area contributed by atoms with Crippen molar-refractivity contribution in [1.29, 1.82) is 0 Å². The summed E-state index contributed by atoms with van der Waals surface area (Å²) >= 11 is 0. The Morgan fingerprint density at radius 2 is 1.50 bits per heavy atom. The van der Waals surface area contributed by atoms with Gasteiger partial charge >= 0.3 is 0 Å². The molecule has 0 spiro atoms. The highest BCUT2D eigenvalue weighted by Crippen LogP contribution is 2.25. The number of allylic oxidation sites excluding steroid dienone is 1. The van der Waals surface area contributed by atoms with E-state index in [1.54, 1.807) is 44.6 Å². The van der Waals surface area contributed by atoms with Crippen molar-refractivity contribution in [2.75, 3.05) is 14.2 Å². The van der Waals surface area contributed by atoms with Crippen LogP contribution < -0.4 is 14.2 Å². The smallest absolute Gasteiger partial charge is 0.185 e. The van der Waals surface area contributed by atoms with Crippen molar-refractivity contribution in [3.05, 3.63) is 120 Å². The fraction of sp³-hybridized carbons (Fsp3) is 0.100. The van der Waals surface area contributed by atoms with Gasteiger partial charge in [-0.2, -0.15) is 0 Å². The molecule has 4 heteroatoms. The van der Waals surface area contributed by atoms with Crippen molar-refractivity contribution >= 4 is 11.9 Å². The number of carbonyl (C=O) groups is 1. The van der Waals surface area contributed by atoms with E-state index in [1.165, 1.54) is 5.56 Å². The second-order valence-corrected chi connectivity index (χ2v) is 7.68. The van der Waals surface area contributed by atoms with Crippen LogP contribution in [0.25, 0.3) is 17.2 Å². The largest absolute Gasteiger partial charge is 0.497 e. The van der Waals surface area contributed by atoms with Crippen LogP contribution in [0.15, 0.2) is 103 Å². The molecule has 0 fully saturated rings. The van der Waals surface area contributed by atoms with Crippen molar-refractivity contribution < 1.29 is 19.0 Å². The first kappa shape index (κ1) is 22.9. The predicted octanol–water partition coefficient (Wildman–Crippen LogP) is 6.85. The normalized spacial score (nSPS) is 10.8. The standard InChI is InChI=1S/C30H26O4/c1-32-28-10-6-9-25(20-28)29(31)17-11-22-12-18-30(33-2)26(19-22)21-34-27-15-13-24(14-16-27)23-7-4-3-5-8-23/h3-20H,21H2,1-2H3/b17-11+. The Kier molecular flexibility index (Phi) is 7.41. The second-order valence-electron chi connectivity index (χ2n) is 7.68. The zero-order chi connectivity index (χ0) is 23.8. The highest BCUT2D eigenvalue weighted by molar-refractivity contribution is 6.07. The van der Waals surface area contributed by atoms with E-state index >= 15 is 0 Å². The number of methoxy groups -OCH3 is 2. The van der Waals surface area contributed by atoms with E-state index in [2.05, 4.69) is 12.1 Å². The molecule has 0 saturated carbocycles. The first-order valence-corrected chi connectivity index (χ1v) is 11.0. The summed E-state index contributed by atoms with van der Waals surface area (Å²) in [6.45, 7) is 0.347. The molecule has 0 aliphatic heterocycles. The minimum atomic E-state index is -0.0916. The summed E-state index contributed by atoms with van der Waals surface area (Å²) in [5.74, 6) is 2.07. The number of hydrogen-bond donors (Lipinski definition) is 0. The lowest BCUT2D eigenvalue weighted by Gasteiger charge is -2.12. The van der Waals surface area contributed by atoms with E-state index < -0.39 is 0 Å². The third-order valence-electron chi connectivity index (χ3n) is 5.44. The van der Waals surface area contributed by atoms with E-state index in [9.17, 15) is 4.79 Å². The molecule has 4 aromatic rings. The summed E-state index contributed by atoms with van der Waals surface area (Å²) in [5.41, 5.74) is 4.66. The molecule has 0 aliphatic carbocycles. The van der Waals surface area contributed by atoms with Gasteiger partial charge in [0, 0.05) is 11.1 Å². The lowest BCUT2D eigenvalue weighted by atomic mass is 10.1. The Morgan fingerprint density at radius 1 is 0.735 bits per heavy atom. The monoisotopic (exact) mass is 450 g/mol. The maximum absolute atomic E-state index is 12.5. The van der Waals surface area contributed by atoms with Gasteiger partial charge in [-0.25, -0.2) is 0 Å². The van der Waals surface area contributed by atoms with E-state index in [1.807, 2.05) is 66.7 Å². The van der Waals surface area contributed by atoms with Gasteiger partial charge in [0.1, 0.15) is 23.9 Å². The summed E-state index contributed by atoms with van der Waals surface area (Å²) in [6.07, 6.45) is 3.35. The summed E-state index contributed by atoms with van der Waals surface area (Å²) < 4.78 is 16.7. The van der Waals surface area contributed by atoms with Gasteiger partial charge < -0.3 is 14.2 Å². The van der Waals surface area contributed by atoms with Crippen LogP contribution in [0, 0.1) is 0 Å². The zero-order valence-electron chi connectivity index (χ0n) is 19.2. The van der Waals surface area contributed by atoms with E-state index in [-0.39, 0.29) is 5.78 Å². The molecule has 0 amide bonds. The van der Waals surface area contributed by atoms with E-state index in [4.69, 9.17) is 14.2 Å². The number of hydrogen-bond acceptors (Lipinski definition) is 4. The average Bonchev–Trinajstić information content (AvgIpc) is 2.91. The molecule has 0 bridgehead atoms. The molecule has 0 saturated heterocycles. The Bertz CT molecular complexity index is 1270. The number of rotatable bonds is 9. The Morgan fingerprint density at radius 3 is 2.24 bits per heavy atom. The molecule has 0 aromatic heterocycles. The van der Waals surface area contributed by atoms with Crippen molar-refractivity contribution in [2.45, 2.75) is 6.61 Å². The molecule has 4 rings (SSSR count). The first-order chi connectivity index (χ1) is 16.7. The number of carbonyl (C=O) groups excluding carboxylic acids is 1. The lowest BCUT2D eigenvalue weighted by molar-refractivity contribution is 0.104. The maximum atomic E-state index is 12.5. The van der Waals surface area contributed by atoms with Crippen LogP contribution in [0.5, 0.6) is 17.2 Å². The van der Waals surface area contributed by atoms with E-state index in [0.717, 1.165) is 28.2 Å². The number of ether oxygens (including phenoxy) is 3. The lowest BCUT2D eigenvalue weighted by Crippen LogP contribution is -1.99. The van der Waals surface area contributed by atoms with Gasteiger partial charge in [-0.3, -0.25) is 4.79 Å². The van der Waals surface area contributed by atoms with Crippen LogP contribution in [0.2, 0.25) is 0 Å². The molecule has 0 heterocycles. The van der Waals surface area contributed by atoms with Gasteiger partial charge in [-0.1, -0.05) is 66.7 Å². The van der Waals surface area contributed by atoms with Gasteiger partial charge in [0.25, 0.3) is 0 Å². The highest BCUT2D eigenvalue weighted by atomic mass is 16.5. The van der Waals surface area contributed by atoms with Crippen molar-refractivity contribution in [3.8, 4) is 28.4 Å². The quantitative estimate of drug-likeness (QED) is 0.207. The molecular weight excluding hydrogens is 424 g/mol. The summed E-state index contributed by atoms with van der Waals surface area (Å²) in [6, 6.07) is 31.1. The van der Waals surface area contributed by atoms with Gasteiger partial charge in [0.05, 0.1) is 14.2 Å². The van der Waals surface area contributed by atoms with E-state index in [0.29, 0.717) is 17.9 Å². The molecule has 0 unspecified atom stereocenters. The molecule has 4 nitrogen and oxygen atoms in total. The fourth-order valence-corrected chi connectivity index (χ4v) is 3.59. The van der Waals surface area contributed by atoms with Crippen LogP contribution in [-0.4, -0.2) is 20.0 Å². The number of benzene rings is 4. The molecule has 170 valence electrons. The minimum absolute atomic E-state index is 0.0916. The second kappa shape index (κ2) is 11.0. The van der Waals surface area contributed by atoms with Gasteiger partial charge in [0.15, 0.2) is 5.78 Å². The Labute approximate surface area is 200 Å². The molecule has 34 heavy (non-hydrogen) atoms. The summed E-state index contributed by atoms with van der Waals surface area (Å²) in [5, 5.41) is 0. The third-order valence-corrected chi connectivity index (χ3v) is 5.44. The van der Waals surface area contributed by atoms with Crippen molar-refractivity contribution in [3.63, 3.8) is 0 Å². The first-order valence-electron chi connectivity index (χ1n) is 11.0. The Balaban J connectivity index is 1.45. The third kappa shape index (κ3) is 5.73. The van der Waals surface area contributed by atoms with Crippen LogP contribution in [0.4, 0.5) is 0 Å². The SMILES string of the molecule is COc1cccc(C(=O)/C=C/c2ccc(OC)c(COc3ccc(-c4ccccc4)cc3)c2)c1. The molecule has 0 aliphatic rings. The van der Waals surface area contributed by atoms with Crippen LogP contribution in [0.3, 0.4) is 0 Å². The van der Waals surface area contributed by atoms with Crippen LogP contribution in [0.1, 0.15) is 21.5 Å². The minimum Gasteiger partial charge on any atom is -0.497 e.